The quantitative estimate of drug-likeness (QED) is 0.649. The maximum Gasteiger partial charge on any atom is 0.244 e. The Kier molecular flexibility index (Phi) is 7.76. The van der Waals surface area contributed by atoms with E-state index in [0.717, 1.165) is 38.6 Å². The molecule has 1 N–H and O–H groups in total. The lowest BCUT2D eigenvalue weighted by atomic mass is 9.93. The summed E-state index contributed by atoms with van der Waals surface area (Å²) in [6.45, 7) is 11.6. The van der Waals surface area contributed by atoms with E-state index < -0.39 is 16.1 Å². The second-order valence-corrected chi connectivity index (χ2v) is 10.3. The molecule has 0 bridgehead atoms. The van der Waals surface area contributed by atoms with E-state index in [1.807, 2.05) is 39.0 Å². The van der Waals surface area contributed by atoms with Crippen LogP contribution < -0.4 is 14.4 Å². The SMILES string of the molecule is COc1cc(C)c([C@@H](C)NC(=O)[C@@H](C)N(c2ccc(C)cc2)S(C)(=O)=O)cc1C(C)C. The second-order valence-electron chi connectivity index (χ2n) is 8.41. The van der Waals surface area contributed by atoms with Crippen molar-refractivity contribution in [2.24, 2.45) is 0 Å². The second kappa shape index (κ2) is 9.73. The predicted molar refractivity (Wildman–Crippen MR) is 126 cm³/mol. The lowest BCUT2D eigenvalue weighted by molar-refractivity contribution is -0.122. The van der Waals surface area contributed by atoms with Crippen LogP contribution in [0.1, 0.15) is 61.9 Å². The first-order valence-electron chi connectivity index (χ1n) is 10.4. The summed E-state index contributed by atoms with van der Waals surface area (Å²) in [5, 5.41) is 2.99. The van der Waals surface area contributed by atoms with Gasteiger partial charge in [-0.3, -0.25) is 9.10 Å². The molecule has 0 aliphatic rings. The largest absolute Gasteiger partial charge is 0.496 e. The van der Waals surface area contributed by atoms with E-state index in [2.05, 4.69) is 25.2 Å². The summed E-state index contributed by atoms with van der Waals surface area (Å²) in [6, 6.07) is 9.93. The number of carbonyl (C=O) groups excluding carboxylic acids is 1. The van der Waals surface area contributed by atoms with Crippen LogP contribution in [0.15, 0.2) is 36.4 Å². The molecule has 6 nitrogen and oxygen atoms in total. The number of carbonyl (C=O) groups is 1. The number of nitrogens with one attached hydrogen (secondary N) is 1. The molecule has 0 saturated carbocycles. The fraction of sp³-hybridized carbons (Fsp3) is 0.458. The van der Waals surface area contributed by atoms with Crippen molar-refractivity contribution in [1.82, 2.24) is 5.32 Å². The number of aryl methyl sites for hydroxylation is 2. The van der Waals surface area contributed by atoms with E-state index >= 15 is 0 Å². The Morgan fingerprint density at radius 3 is 2.06 bits per heavy atom. The van der Waals surface area contributed by atoms with Crippen molar-refractivity contribution in [3.63, 3.8) is 0 Å². The van der Waals surface area contributed by atoms with Crippen LogP contribution in [0.5, 0.6) is 5.75 Å². The highest BCUT2D eigenvalue weighted by atomic mass is 32.2. The van der Waals surface area contributed by atoms with Crippen molar-refractivity contribution in [2.45, 2.75) is 59.5 Å². The zero-order valence-electron chi connectivity index (χ0n) is 19.7. The van der Waals surface area contributed by atoms with Gasteiger partial charge in [0, 0.05) is 0 Å². The molecule has 0 aromatic heterocycles. The normalized spacial score (nSPS) is 13.6. The number of sulfonamides is 1. The van der Waals surface area contributed by atoms with Crippen LogP contribution >= 0.6 is 0 Å². The summed E-state index contributed by atoms with van der Waals surface area (Å²) in [7, 11) is -2.00. The lowest BCUT2D eigenvalue weighted by Gasteiger charge is -2.30. The molecule has 7 heteroatoms. The number of anilines is 1. The molecule has 0 heterocycles. The number of ether oxygens (including phenoxy) is 1. The fourth-order valence-electron chi connectivity index (χ4n) is 3.72. The molecule has 31 heavy (non-hydrogen) atoms. The summed E-state index contributed by atoms with van der Waals surface area (Å²) in [4.78, 5) is 13.1. The molecular weight excluding hydrogens is 412 g/mol. The third-order valence-corrected chi connectivity index (χ3v) is 6.68. The molecule has 2 aromatic rings. The minimum absolute atomic E-state index is 0.262. The summed E-state index contributed by atoms with van der Waals surface area (Å²) in [5.41, 5.74) is 4.52. The zero-order chi connectivity index (χ0) is 23.5. The van der Waals surface area contributed by atoms with Gasteiger partial charge in [0.25, 0.3) is 0 Å². The molecule has 2 rings (SSSR count). The number of nitrogens with zero attached hydrogens (tertiary/aromatic N) is 1. The lowest BCUT2D eigenvalue weighted by Crippen LogP contribution is -2.48. The first kappa shape index (κ1) is 24.7. The molecular formula is C24H34N2O4S. The van der Waals surface area contributed by atoms with Crippen LogP contribution in [-0.2, 0) is 14.8 Å². The van der Waals surface area contributed by atoms with Crippen LogP contribution in [0.25, 0.3) is 0 Å². The van der Waals surface area contributed by atoms with Crippen molar-refractivity contribution >= 4 is 21.6 Å². The molecule has 170 valence electrons. The number of methoxy groups -OCH3 is 1. The van der Waals surface area contributed by atoms with Gasteiger partial charge < -0.3 is 10.1 Å². The highest BCUT2D eigenvalue weighted by molar-refractivity contribution is 7.92. The van der Waals surface area contributed by atoms with E-state index in [1.54, 1.807) is 26.2 Å². The minimum Gasteiger partial charge on any atom is -0.496 e. The monoisotopic (exact) mass is 446 g/mol. The van der Waals surface area contributed by atoms with Crippen molar-refractivity contribution in [3.05, 3.63) is 58.7 Å². The Hall–Kier alpha value is -2.54. The van der Waals surface area contributed by atoms with Crippen LogP contribution in [0.3, 0.4) is 0 Å². The molecule has 0 saturated heterocycles. The van der Waals surface area contributed by atoms with Gasteiger partial charge in [0.2, 0.25) is 15.9 Å². The Labute approximate surface area is 186 Å². The number of benzene rings is 2. The van der Waals surface area contributed by atoms with E-state index in [1.165, 1.54) is 0 Å². The average molecular weight is 447 g/mol. The summed E-state index contributed by atoms with van der Waals surface area (Å²) in [6.07, 6.45) is 1.11. The summed E-state index contributed by atoms with van der Waals surface area (Å²) >= 11 is 0. The highest BCUT2D eigenvalue weighted by Crippen LogP contribution is 2.32. The Morgan fingerprint density at radius 2 is 1.58 bits per heavy atom. The molecule has 0 aliphatic heterocycles. The average Bonchev–Trinajstić information content (AvgIpc) is 2.67. The van der Waals surface area contributed by atoms with E-state index in [0.29, 0.717) is 5.69 Å². The maximum absolute atomic E-state index is 13.1. The highest BCUT2D eigenvalue weighted by Gasteiger charge is 2.30. The van der Waals surface area contributed by atoms with E-state index in [9.17, 15) is 13.2 Å². The van der Waals surface area contributed by atoms with Crippen LogP contribution in [0.4, 0.5) is 5.69 Å². The number of amides is 1. The molecule has 0 unspecified atom stereocenters. The first-order chi connectivity index (χ1) is 14.4. The number of hydrogen-bond acceptors (Lipinski definition) is 4. The van der Waals surface area contributed by atoms with E-state index in [4.69, 9.17) is 4.74 Å². The predicted octanol–water partition coefficient (Wildman–Crippen LogP) is 4.47. The van der Waals surface area contributed by atoms with Crippen molar-refractivity contribution < 1.29 is 17.9 Å². The Morgan fingerprint density at radius 1 is 1.00 bits per heavy atom. The molecule has 0 fully saturated rings. The smallest absolute Gasteiger partial charge is 0.244 e. The molecule has 1 amide bonds. The summed E-state index contributed by atoms with van der Waals surface area (Å²) in [5.74, 6) is 0.726. The van der Waals surface area contributed by atoms with Gasteiger partial charge in [0.15, 0.2) is 0 Å². The van der Waals surface area contributed by atoms with Gasteiger partial charge in [-0.2, -0.15) is 0 Å². The zero-order valence-corrected chi connectivity index (χ0v) is 20.5. The fourth-order valence-corrected chi connectivity index (χ4v) is 4.90. The van der Waals surface area contributed by atoms with Crippen LogP contribution in [-0.4, -0.2) is 33.7 Å². The third kappa shape index (κ3) is 5.79. The Balaban J connectivity index is 2.32. The van der Waals surface area contributed by atoms with E-state index in [-0.39, 0.29) is 17.9 Å². The first-order valence-corrected chi connectivity index (χ1v) is 12.3. The van der Waals surface area contributed by atoms with Gasteiger partial charge in [-0.05, 0) is 74.6 Å². The van der Waals surface area contributed by atoms with Gasteiger partial charge in [0.05, 0.1) is 25.1 Å². The topological polar surface area (TPSA) is 75.7 Å². The molecule has 2 aromatic carbocycles. The van der Waals surface area contributed by atoms with Gasteiger partial charge in [0.1, 0.15) is 11.8 Å². The number of rotatable bonds is 8. The third-order valence-electron chi connectivity index (χ3n) is 5.44. The van der Waals surface area contributed by atoms with Gasteiger partial charge in [-0.25, -0.2) is 8.42 Å². The van der Waals surface area contributed by atoms with Crippen molar-refractivity contribution in [2.75, 3.05) is 17.7 Å². The van der Waals surface area contributed by atoms with Gasteiger partial charge in [-0.15, -0.1) is 0 Å². The Bertz CT molecular complexity index is 1030. The van der Waals surface area contributed by atoms with Gasteiger partial charge >= 0.3 is 0 Å². The molecule has 0 radical (unpaired) electrons. The van der Waals surface area contributed by atoms with Crippen molar-refractivity contribution in [1.29, 1.82) is 0 Å². The molecule has 0 spiro atoms. The minimum atomic E-state index is -3.65. The van der Waals surface area contributed by atoms with Crippen LogP contribution in [0, 0.1) is 13.8 Å². The standard InChI is InChI=1S/C24H34N2O4S/c1-15(2)21-14-22(17(4)13-23(21)30-7)18(5)25-24(27)19(6)26(31(8,28)29)20-11-9-16(3)10-12-20/h9-15,18-19H,1-8H3,(H,25,27)/t18-,19-/m1/s1. The summed E-state index contributed by atoms with van der Waals surface area (Å²) < 4.78 is 31.7. The number of hydrogen-bond donors (Lipinski definition) is 1. The van der Waals surface area contributed by atoms with Crippen LogP contribution in [0.2, 0.25) is 0 Å². The maximum atomic E-state index is 13.1. The van der Waals surface area contributed by atoms with Gasteiger partial charge in [-0.1, -0.05) is 31.5 Å². The molecule has 0 aliphatic carbocycles. The van der Waals surface area contributed by atoms with Crippen molar-refractivity contribution in [3.8, 4) is 5.75 Å². The molecule has 2 atom stereocenters.